The van der Waals surface area contributed by atoms with Crippen LogP contribution in [0.5, 0.6) is 132 Å². The first-order chi connectivity index (χ1) is 53.0. The molecule has 110 heavy (non-hydrogen) atoms. The van der Waals surface area contributed by atoms with Crippen LogP contribution in [0.15, 0.2) is 218 Å². The molecular formula is C87H80O23. The van der Waals surface area contributed by atoms with Crippen molar-refractivity contribution in [3.8, 4) is 132 Å². The van der Waals surface area contributed by atoms with E-state index < -0.39 is 0 Å². The molecule has 0 unspecified atom stereocenters. The van der Waals surface area contributed by atoms with Gasteiger partial charge in [0.25, 0.3) is 0 Å². The molecule has 0 saturated carbocycles. The lowest BCUT2D eigenvalue weighted by Gasteiger charge is -2.16. The summed E-state index contributed by atoms with van der Waals surface area (Å²) in [6, 6.07) is 57.5. The number of ether oxygens (including phenoxy) is 11. The summed E-state index contributed by atoms with van der Waals surface area (Å²) in [6.45, 7) is 4.28. The van der Waals surface area contributed by atoms with Gasteiger partial charge in [0.2, 0.25) is 0 Å². The van der Waals surface area contributed by atoms with Crippen molar-refractivity contribution >= 4 is 0 Å². The maximum absolute atomic E-state index is 10.9. The van der Waals surface area contributed by atoms with E-state index in [2.05, 4.69) is 6.07 Å². The number of phenols is 12. The smallest absolute Gasteiger partial charge is 0.123 e. The highest BCUT2D eigenvalue weighted by Gasteiger charge is 2.16. The molecule has 0 aliphatic rings. The number of hydrogen-bond acceptors (Lipinski definition) is 23. The number of rotatable bonds is 35. The van der Waals surface area contributed by atoms with E-state index >= 15 is 0 Å². The van der Waals surface area contributed by atoms with Gasteiger partial charge in [-0.3, -0.25) is 0 Å². The second-order valence-electron chi connectivity index (χ2n) is 26.2. The standard InChI is InChI=1S/C87H80O23/c1-3-100-82-25-62(49-101-77-7-52(2)6-53(20-77)4-5-54-8-73(96)35-78(21-54)104-46-59-17-75(98)38-81(23-59)105-47-60-18-74(97)36-79(22-60)102-42-55-9-65(88)31-66(89)10-55)26-83(39-82)109-50-64-29-86(108-48-61-19-76(99)37-80(24-61)103-43-56-11-67(90)32-68(91)12-56)41-87(30-64)110-51-63-27-84(106-44-57-13-69(92)33-70(93)14-57)40-85(28-63)107-45-58-15-71(94)34-72(95)16-58/h6-41,88-99H,3-5,42-51H2,1-2H3. The monoisotopic (exact) mass is 1490 g/mol. The van der Waals surface area contributed by atoms with E-state index in [0.717, 1.165) is 22.3 Å². The molecule has 12 aromatic carbocycles. The van der Waals surface area contributed by atoms with Crippen molar-refractivity contribution in [3.05, 3.63) is 291 Å². The molecule has 12 rings (SSSR count). The lowest BCUT2D eigenvalue weighted by Crippen LogP contribution is -2.04. The van der Waals surface area contributed by atoms with Gasteiger partial charge in [-0.2, -0.15) is 0 Å². The second kappa shape index (κ2) is 35.4. The molecule has 0 radical (unpaired) electrons. The summed E-state index contributed by atoms with van der Waals surface area (Å²) in [5.41, 5.74) is 8.45. The van der Waals surface area contributed by atoms with Crippen molar-refractivity contribution in [2.45, 2.75) is 92.8 Å². The zero-order chi connectivity index (χ0) is 77.2. The van der Waals surface area contributed by atoms with E-state index in [-0.39, 0.29) is 135 Å². The van der Waals surface area contributed by atoms with E-state index in [1.54, 1.807) is 72.8 Å². The van der Waals surface area contributed by atoms with Crippen molar-refractivity contribution in [2.75, 3.05) is 6.61 Å². The van der Waals surface area contributed by atoms with Gasteiger partial charge in [-0.25, -0.2) is 0 Å². The first-order valence-corrected chi connectivity index (χ1v) is 34.8. The predicted octanol–water partition coefficient (Wildman–Crippen LogP) is 16.4. The van der Waals surface area contributed by atoms with E-state index in [1.165, 1.54) is 109 Å². The summed E-state index contributed by atoms with van der Waals surface area (Å²) in [5, 5.41) is 123. The Hall–Kier alpha value is -14.0. The van der Waals surface area contributed by atoms with Crippen LogP contribution in [-0.2, 0) is 78.9 Å². The molecule has 0 bridgehead atoms. The zero-order valence-electron chi connectivity index (χ0n) is 59.8. The maximum Gasteiger partial charge on any atom is 0.123 e. The molecule has 0 heterocycles. The molecule has 0 aliphatic carbocycles. The first kappa shape index (κ1) is 75.7. The Morgan fingerprint density at radius 2 is 0.318 bits per heavy atom. The van der Waals surface area contributed by atoms with Crippen LogP contribution >= 0.6 is 0 Å². The Morgan fingerprint density at radius 1 is 0.164 bits per heavy atom. The van der Waals surface area contributed by atoms with E-state index in [1.807, 2.05) is 44.2 Å². The summed E-state index contributed by atoms with van der Waals surface area (Å²) in [6.07, 6.45) is 1.13. The Kier molecular flexibility index (Phi) is 24.4. The van der Waals surface area contributed by atoms with Crippen LogP contribution in [0.3, 0.4) is 0 Å². The molecule has 23 heteroatoms. The van der Waals surface area contributed by atoms with Gasteiger partial charge in [-0.1, -0.05) is 6.07 Å². The number of benzene rings is 12. The molecule has 0 saturated heterocycles. The molecule has 23 nitrogen and oxygen atoms in total. The Bertz CT molecular complexity index is 5060. The topological polar surface area (TPSA) is 344 Å². The van der Waals surface area contributed by atoms with E-state index in [0.29, 0.717) is 133 Å². The van der Waals surface area contributed by atoms with Crippen LogP contribution in [0.25, 0.3) is 0 Å². The lowest BCUT2D eigenvalue weighted by molar-refractivity contribution is 0.273. The second-order valence-corrected chi connectivity index (χ2v) is 26.2. The Labute approximate surface area is 632 Å². The fraction of sp³-hybridized carbons (Fsp3) is 0.172. The van der Waals surface area contributed by atoms with Gasteiger partial charge in [0.1, 0.15) is 198 Å². The van der Waals surface area contributed by atoms with E-state index in [9.17, 15) is 61.3 Å². The fourth-order valence-corrected chi connectivity index (χ4v) is 12.1. The molecule has 566 valence electrons. The Balaban J connectivity index is 0.706. The molecule has 0 atom stereocenters. The third kappa shape index (κ3) is 23.0. The molecule has 0 aliphatic heterocycles. The average Bonchev–Trinajstić information content (AvgIpc) is 0.848. The van der Waals surface area contributed by atoms with Crippen LogP contribution in [-0.4, -0.2) is 67.9 Å². The SMILES string of the molecule is CCOc1cc(COc2cc(C)cc(CCc3cc(O)cc(OCc4cc(O)cc(OCc5cc(O)cc(OCc6cc(O)cc(O)c6)c5)c4)c3)c2)cc(OCc2cc(OCc3cc(O)cc(OCc4cc(O)cc(O)c4)c3)cc(OCc3cc(OCc4cc(O)cc(O)c4)cc(OCc4cc(O)cc(O)c4)c3)c2)c1. The summed E-state index contributed by atoms with van der Waals surface area (Å²) >= 11 is 0. The average molecular weight is 1490 g/mol. The van der Waals surface area contributed by atoms with Gasteiger partial charge in [0.15, 0.2) is 0 Å². The fourth-order valence-electron chi connectivity index (χ4n) is 12.1. The number of aryl methyl sites for hydroxylation is 3. The summed E-state index contributed by atoms with van der Waals surface area (Å²) in [4.78, 5) is 0. The zero-order valence-corrected chi connectivity index (χ0v) is 59.8. The largest absolute Gasteiger partial charge is 0.508 e. The highest BCUT2D eigenvalue weighted by molar-refractivity contribution is 5.48. The van der Waals surface area contributed by atoms with Crippen molar-refractivity contribution in [1.29, 1.82) is 0 Å². The van der Waals surface area contributed by atoms with Crippen LogP contribution in [0.1, 0.15) is 79.2 Å². The molecule has 0 spiro atoms. The minimum absolute atomic E-state index is 0.00942. The van der Waals surface area contributed by atoms with Crippen molar-refractivity contribution < 1.29 is 113 Å². The van der Waals surface area contributed by atoms with Crippen molar-refractivity contribution in [3.63, 3.8) is 0 Å². The van der Waals surface area contributed by atoms with Gasteiger partial charge >= 0.3 is 0 Å². The van der Waals surface area contributed by atoms with Gasteiger partial charge in [0.05, 0.1) is 6.61 Å². The maximum atomic E-state index is 10.9. The minimum atomic E-state index is -0.142. The third-order valence-electron chi connectivity index (χ3n) is 16.7. The predicted molar refractivity (Wildman–Crippen MR) is 404 cm³/mol. The van der Waals surface area contributed by atoms with Gasteiger partial charge in [-0.05, 0) is 245 Å². The van der Waals surface area contributed by atoms with E-state index in [4.69, 9.17) is 52.1 Å². The lowest BCUT2D eigenvalue weighted by atomic mass is 10.0. The minimum Gasteiger partial charge on any atom is -0.508 e. The van der Waals surface area contributed by atoms with Crippen LogP contribution < -0.4 is 52.1 Å². The number of phenolic OH excluding ortho intramolecular Hbond substituents is 12. The molecular weight excluding hydrogens is 1410 g/mol. The molecule has 0 amide bonds. The number of hydrogen-bond donors (Lipinski definition) is 12. The summed E-state index contributed by atoms with van der Waals surface area (Å²) in [7, 11) is 0. The highest BCUT2D eigenvalue weighted by atomic mass is 16.5. The first-order valence-electron chi connectivity index (χ1n) is 34.8. The van der Waals surface area contributed by atoms with Crippen LogP contribution in [0.4, 0.5) is 0 Å². The summed E-state index contributed by atoms with van der Waals surface area (Å²) < 4.78 is 68.3. The number of aromatic hydroxyl groups is 12. The molecule has 0 aromatic heterocycles. The highest BCUT2D eigenvalue weighted by Crippen LogP contribution is 2.36. The Morgan fingerprint density at radius 3 is 0.545 bits per heavy atom. The quantitative estimate of drug-likeness (QED) is 0.0176. The third-order valence-corrected chi connectivity index (χ3v) is 16.7. The van der Waals surface area contributed by atoms with Crippen LogP contribution in [0, 0.1) is 6.92 Å². The van der Waals surface area contributed by atoms with Gasteiger partial charge in [-0.15, -0.1) is 0 Å². The van der Waals surface area contributed by atoms with Crippen LogP contribution in [0.2, 0.25) is 0 Å². The van der Waals surface area contributed by atoms with Gasteiger partial charge < -0.3 is 113 Å². The summed E-state index contributed by atoms with van der Waals surface area (Å²) in [5.74, 6) is 3.20. The van der Waals surface area contributed by atoms with Crippen molar-refractivity contribution in [1.82, 2.24) is 0 Å². The van der Waals surface area contributed by atoms with Crippen molar-refractivity contribution in [2.24, 2.45) is 0 Å². The molecule has 0 fully saturated rings. The van der Waals surface area contributed by atoms with Gasteiger partial charge in [0, 0.05) is 66.7 Å². The molecule has 12 N–H and O–H groups in total. The molecule has 12 aromatic rings. The normalized spacial score (nSPS) is 11.0.